The van der Waals surface area contributed by atoms with Crippen molar-refractivity contribution in [1.82, 2.24) is 5.32 Å². The summed E-state index contributed by atoms with van der Waals surface area (Å²) in [6.45, 7) is 15.2. The lowest BCUT2D eigenvalue weighted by Gasteiger charge is -2.17. The number of aliphatic imine (C=N–C) groups is 3. The summed E-state index contributed by atoms with van der Waals surface area (Å²) in [4.78, 5) is 28.8. The molecule has 1 saturated heterocycles. The fraction of sp³-hybridized carbons (Fsp3) is 0.623. The molecule has 0 aromatic rings. The Labute approximate surface area is 367 Å². The second kappa shape index (κ2) is 22.4. The number of hydrogen-bond acceptors (Lipinski definition) is 8. The van der Waals surface area contributed by atoms with Crippen LogP contribution in [0, 0.1) is 11.8 Å². The van der Waals surface area contributed by atoms with E-state index in [0.29, 0.717) is 31.6 Å². The molecular formula is C53H76N4O4. The molecule has 332 valence electrons. The Morgan fingerprint density at radius 1 is 0.787 bits per heavy atom. The van der Waals surface area contributed by atoms with Crippen molar-refractivity contribution in [3.05, 3.63) is 91.5 Å². The Morgan fingerprint density at radius 3 is 2.00 bits per heavy atom. The highest BCUT2D eigenvalue weighted by Gasteiger charge is 2.42. The molecule has 5 aliphatic heterocycles. The first-order chi connectivity index (χ1) is 29.6. The summed E-state index contributed by atoms with van der Waals surface area (Å²) >= 11 is 0. The summed E-state index contributed by atoms with van der Waals surface area (Å²) in [6.07, 6.45) is 30.5. The van der Waals surface area contributed by atoms with Crippen LogP contribution in [0.4, 0.5) is 0 Å². The number of carbonyl (C=O) groups excluding carboxylic acids is 1. The second-order valence-electron chi connectivity index (χ2n) is 18.4. The van der Waals surface area contributed by atoms with Crippen molar-refractivity contribution >= 4 is 23.1 Å². The number of unbranched alkanes of at least 4 members (excludes halogenated alkanes) is 15. The van der Waals surface area contributed by atoms with Gasteiger partial charge in [-0.05, 0) is 87.0 Å². The highest BCUT2D eigenvalue weighted by Crippen LogP contribution is 2.47. The minimum Gasteiger partial charge on any atom is -0.511 e. The Hall–Kier alpha value is -4.04. The van der Waals surface area contributed by atoms with Gasteiger partial charge in [-0.15, -0.1) is 0 Å². The fourth-order valence-corrected chi connectivity index (χ4v) is 10.2. The molecule has 0 aromatic heterocycles. The first-order valence-corrected chi connectivity index (χ1v) is 24.4. The number of aliphatic hydroxyl groups excluding tert-OH is 2. The zero-order valence-corrected chi connectivity index (χ0v) is 38.8. The van der Waals surface area contributed by atoms with E-state index in [2.05, 4.69) is 52.1 Å². The lowest BCUT2D eigenvalue weighted by atomic mass is 9.86. The topological polar surface area (TPSA) is 116 Å². The Kier molecular flexibility index (Phi) is 17.0. The van der Waals surface area contributed by atoms with Gasteiger partial charge in [0.25, 0.3) is 0 Å². The van der Waals surface area contributed by atoms with E-state index in [4.69, 9.17) is 19.7 Å². The molecule has 3 atom stereocenters. The van der Waals surface area contributed by atoms with Gasteiger partial charge in [-0.25, -0.2) is 15.0 Å². The van der Waals surface area contributed by atoms with Gasteiger partial charge in [-0.2, -0.15) is 0 Å². The van der Waals surface area contributed by atoms with Crippen LogP contribution in [0.2, 0.25) is 0 Å². The van der Waals surface area contributed by atoms with E-state index in [1.165, 1.54) is 95.5 Å². The van der Waals surface area contributed by atoms with Crippen molar-refractivity contribution in [1.29, 1.82) is 0 Å². The molecule has 1 fully saturated rings. The van der Waals surface area contributed by atoms with E-state index >= 15 is 0 Å². The number of esters is 1. The largest absolute Gasteiger partial charge is 0.511 e. The number of carbonyl (C=O) groups is 1. The van der Waals surface area contributed by atoms with Crippen LogP contribution in [0.25, 0.3) is 0 Å². The SMILES string of the molecule is CCCCCCCCCCCCCCCCCCOC(=O)CC[C@@H]1C2=C3CC(O)=C4C3=NC(=C4CC)C=C3N=C(C=C4N=C(C=C(N2)[C@H]1C)C(C)=C4C(C)O)C(C)=C3CCC. The van der Waals surface area contributed by atoms with Gasteiger partial charge < -0.3 is 20.3 Å². The van der Waals surface area contributed by atoms with Gasteiger partial charge in [0, 0.05) is 52.8 Å². The highest BCUT2D eigenvalue weighted by molar-refractivity contribution is 6.21. The summed E-state index contributed by atoms with van der Waals surface area (Å²) in [6, 6.07) is 0. The van der Waals surface area contributed by atoms with Crippen molar-refractivity contribution in [2.45, 2.75) is 196 Å². The van der Waals surface area contributed by atoms with Crippen molar-refractivity contribution in [2.24, 2.45) is 26.8 Å². The Bertz CT molecular complexity index is 2010. The van der Waals surface area contributed by atoms with Gasteiger partial charge in [-0.1, -0.05) is 130 Å². The van der Waals surface area contributed by atoms with Crippen molar-refractivity contribution in [2.75, 3.05) is 6.61 Å². The smallest absolute Gasteiger partial charge is 0.305 e. The Morgan fingerprint density at radius 2 is 1.39 bits per heavy atom. The van der Waals surface area contributed by atoms with Crippen LogP contribution in [-0.4, -0.2) is 46.0 Å². The van der Waals surface area contributed by atoms with Crippen LogP contribution in [0.1, 0.15) is 190 Å². The molecule has 0 aromatic carbocycles. The maximum Gasteiger partial charge on any atom is 0.305 e. The van der Waals surface area contributed by atoms with Gasteiger partial charge in [0.1, 0.15) is 5.76 Å². The predicted molar refractivity (Wildman–Crippen MR) is 253 cm³/mol. The van der Waals surface area contributed by atoms with E-state index in [0.717, 1.165) is 111 Å². The van der Waals surface area contributed by atoms with Crippen LogP contribution < -0.4 is 5.32 Å². The summed E-state index contributed by atoms with van der Waals surface area (Å²) in [5, 5.41) is 26.4. The van der Waals surface area contributed by atoms with E-state index in [1.807, 2.05) is 13.0 Å². The van der Waals surface area contributed by atoms with E-state index in [1.54, 1.807) is 6.92 Å². The van der Waals surface area contributed by atoms with Gasteiger partial charge in [0.15, 0.2) is 0 Å². The zero-order valence-electron chi connectivity index (χ0n) is 38.8. The van der Waals surface area contributed by atoms with Gasteiger partial charge in [-0.3, -0.25) is 4.79 Å². The van der Waals surface area contributed by atoms with Crippen LogP contribution in [-0.2, 0) is 9.53 Å². The molecular weight excluding hydrogens is 757 g/mol. The van der Waals surface area contributed by atoms with E-state index < -0.39 is 6.10 Å². The van der Waals surface area contributed by atoms with Gasteiger partial charge >= 0.3 is 5.97 Å². The summed E-state index contributed by atoms with van der Waals surface area (Å²) < 4.78 is 5.80. The molecule has 6 aliphatic rings. The molecule has 0 spiro atoms. The number of aliphatic hydroxyl groups is 2. The number of ether oxygens (including phenoxy) is 1. The summed E-state index contributed by atoms with van der Waals surface area (Å²) in [5.41, 5.74) is 13.9. The molecule has 8 nitrogen and oxygen atoms in total. The highest BCUT2D eigenvalue weighted by atomic mass is 16.5. The minimum absolute atomic E-state index is 0.0109. The normalized spacial score (nSPS) is 21.3. The number of hydrogen-bond donors (Lipinski definition) is 3. The molecule has 0 amide bonds. The molecule has 5 heterocycles. The molecule has 8 heteroatoms. The van der Waals surface area contributed by atoms with Crippen LogP contribution in [0.15, 0.2) is 106 Å². The maximum absolute atomic E-state index is 13.2. The molecule has 0 radical (unpaired) electrons. The predicted octanol–water partition coefficient (Wildman–Crippen LogP) is 13.4. The Balaban J connectivity index is 1.11. The quantitative estimate of drug-likeness (QED) is 0.0662. The van der Waals surface area contributed by atoms with E-state index in [-0.39, 0.29) is 17.8 Å². The van der Waals surface area contributed by atoms with Crippen molar-refractivity contribution in [3.8, 4) is 0 Å². The minimum atomic E-state index is -0.705. The first kappa shape index (κ1) is 46.5. The summed E-state index contributed by atoms with van der Waals surface area (Å²) in [5.74, 6) is 0.227. The van der Waals surface area contributed by atoms with Crippen molar-refractivity contribution < 1.29 is 19.7 Å². The molecule has 0 saturated carbocycles. The standard InChI is InChI=1S/C53H76N4O4/c1-8-11-12-13-14-15-16-17-18-19-20-21-22-23-24-25-29-61-49(60)28-27-40-35(5)43-31-44-36(6)50(37(7)58)47(55-44)32-42-34(4)39(26-9-2)46(54-42)33-45-38(10-3)51-48(59)30-41(52(40)56-43)53(51)57-45/h31-33,35,37,40,56,58-59H,8-30H2,1-7H3/t35-,37?,40-/m0/s1. The molecule has 3 N–H and O–H groups in total. The average Bonchev–Trinajstić information content (AvgIpc) is 4.00. The lowest BCUT2D eigenvalue weighted by molar-refractivity contribution is -0.144. The molecule has 1 aliphatic carbocycles. The second-order valence-corrected chi connectivity index (χ2v) is 18.4. The number of nitrogens with one attached hydrogen (secondary N) is 1. The first-order valence-electron chi connectivity index (χ1n) is 24.4. The molecule has 6 rings (SSSR count). The number of fused-ring (bicyclic) bond motifs is 5. The van der Waals surface area contributed by atoms with Gasteiger partial charge in [0.05, 0.1) is 46.9 Å². The third kappa shape index (κ3) is 11.1. The molecule has 8 bridgehead atoms. The van der Waals surface area contributed by atoms with Crippen molar-refractivity contribution in [3.63, 3.8) is 0 Å². The zero-order chi connectivity index (χ0) is 43.5. The van der Waals surface area contributed by atoms with Crippen LogP contribution in [0.3, 0.4) is 0 Å². The van der Waals surface area contributed by atoms with Crippen LogP contribution >= 0.6 is 0 Å². The average molecular weight is 833 g/mol. The van der Waals surface area contributed by atoms with E-state index in [9.17, 15) is 15.0 Å². The number of nitrogens with zero attached hydrogens (tertiary/aromatic N) is 3. The summed E-state index contributed by atoms with van der Waals surface area (Å²) in [7, 11) is 0. The maximum atomic E-state index is 13.2. The fourth-order valence-electron chi connectivity index (χ4n) is 10.2. The molecule has 61 heavy (non-hydrogen) atoms. The number of allylic oxidation sites excluding steroid dienone is 11. The third-order valence-corrected chi connectivity index (χ3v) is 13.8. The third-order valence-electron chi connectivity index (χ3n) is 13.8. The molecule has 1 unspecified atom stereocenters. The lowest BCUT2D eigenvalue weighted by Crippen LogP contribution is -2.16. The monoisotopic (exact) mass is 833 g/mol. The number of rotatable bonds is 24. The van der Waals surface area contributed by atoms with Gasteiger partial charge in [0.2, 0.25) is 0 Å². The van der Waals surface area contributed by atoms with Crippen LogP contribution in [0.5, 0.6) is 0 Å².